The van der Waals surface area contributed by atoms with Gasteiger partial charge in [0, 0.05) is 32.3 Å². The predicted molar refractivity (Wildman–Crippen MR) is 129 cm³/mol. The Morgan fingerprint density at radius 1 is 1.11 bits per heavy atom. The summed E-state index contributed by atoms with van der Waals surface area (Å²) in [6, 6.07) is 6.24. The Labute approximate surface area is 188 Å². The summed E-state index contributed by atoms with van der Waals surface area (Å²) in [5.74, 6) is 1.72. The number of nitrogens with one attached hydrogen (secondary N) is 2. The van der Waals surface area contributed by atoms with Gasteiger partial charge in [0.1, 0.15) is 12.4 Å². The molecule has 28 heavy (non-hydrogen) atoms. The van der Waals surface area contributed by atoms with E-state index in [0.717, 1.165) is 50.0 Å². The van der Waals surface area contributed by atoms with Gasteiger partial charge in [-0.3, -0.25) is 0 Å². The van der Waals surface area contributed by atoms with Crippen LogP contribution in [-0.2, 0) is 11.3 Å². The maximum absolute atomic E-state index is 5.86. The molecule has 0 aliphatic carbocycles. The number of likely N-dealkylation sites (N-methyl/N-ethyl adjacent to an activating group) is 1. The highest BCUT2D eigenvalue weighted by Gasteiger charge is 2.06. The van der Waals surface area contributed by atoms with E-state index in [1.54, 1.807) is 7.11 Å². The summed E-state index contributed by atoms with van der Waals surface area (Å²) < 4.78 is 10.9. The Balaban J connectivity index is 0.00000729. The highest BCUT2D eigenvalue weighted by atomic mass is 127. The zero-order valence-electron chi connectivity index (χ0n) is 18.2. The van der Waals surface area contributed by atoms with Crippen LogP contribution in [0.15, 0.2) is 23.2 Å². The van der Waals surface area contributed by atoms with Gasteiger partial charge in [-0.05, 0) is 45.0 Å². The van der Waals surface area contributed by atoms with Crippen LogP contribution in [0.3, 0.4) is 0 Å². The molecule has 0 fully saturated rings. The molecule has 6 nitrogen and oxygen atoms in total. The number of methoxy groups -OCH3 is 1. The molecule has 0 saturated heterocycles. The fourth-order valence-corrected chi connectivity index (χ4v) is 2.74. The van der Waals surface area contributed by atoms with Gasteiger partial charge in [0.2, 0.25) is 0 Å². The lowest BCUT2D eigenvalue weighted by atomic mass is 10.1. The van der Waals surface area contributed by atoms with Crippen molar-refractivity contribution < 1.29 is 9.47 Å². The minimum Gasteiger partial charge on any atom is -0.491 e. The van der Waals surface area contributed by atoms with Gasteiger partial charge < -0.3 is 25.0 Å². The predicted octanol–water partition coefficient (Wildman–Crippen LogP) is 3.43. The van der Waals surface area contributed by atoms with Crippen LogP contribution < -0.4 is 15.4 Å². The van der Waals surface area contributed by atoms with Crippen molar-refractivity contribution in [3.05, 3.63) is 29.3 Å². The van der Waals surface area contributed by atoms with Crippen LogP contribution in [0.25, 0.3) is 0 Å². The van der Waals surface area contributed by atoms with Gasteiger partial charge in [0.05, 0.1) is 13.2 Å². The third-order valence-electron chi connectivity index (χ3n) is 4.23. The first kappa shape index (κ1) is 26.9. The van der Waals surface area contributed by atoms with E-state index in [9.17, 15) is 0 Å². The Hall–Kier alpha value is -1.06. The average Bonchev–Trinajstić information content (AvgIpc) is 2.66. The number of guanidine groups is 1. The van der Waals surface area contributed by atoms with E-state index in [-0.39, 0.29) is 24.0 Å². The van der Waals surface area contributed by atoms with Crippen LogP contribution in [-0.4, -0.2) is 63.9 Å². The summed E-state index contributed by atoms with van der Waals surface area (Å²) in [5.41, 5.74) is 2.26. The van der Waals surface area contributed by atoms with Gasteiger partial charge >= 0.3 is 0 Å². The van der Waals surface area contributed by atoms with E-state index >= 15 is 0 Å². The Morgan fingerprint density at radius 3 is 2.54 bits per heavy atom. The molecule has 7 heteroatoms. The van der Waals surface area contributed by atoms with Gasteiger partial charge in [-0.1, -0.05) is 26.0 Å². The fourth-order valence-electron chi connectivity index (χ4n) is 2.74. The van der Waals surface area contributed by atoms with Crippen LogP contribution in [0.2, 0.25) is 0 Å². The molecule has 0 spiro atoms. The molecule has 1 aromatic rings. The van der Waals surface area contributed by atoms with Gasteiger partial charge in [-0.15, -0.1) is 24.0 Å². The van der Waals surface area contributed by atoms with Crippen molar-refractivity contribution in [3.63, 3.8) is 0 Å². The quantitative estimate of drug-likeness (QED) is 0.186. The first-order valence-corrected chi connectivity index (χ1v) is 10.1. The summed E-state index contributed by atoms with van der Waals surface area (Å²) in [6.45, 7) is 15.2. The summed E-state index contributed by atoms with van der Waals surface area (Å²) in [5, 5.41) is 6.75. The number of aryl methyl sites for hydroxylation is 1. The van der Waals surface area contributed by atoms with E-state index in [0.29, 0.717) is 19.8 Å². The smallest absolute Gasteiger partial charge is 0.191 e. The van der Waals surface area contributed by atoms with Crippen LogP contribution >= 0.6 is 24.0 Å². The molecule has 0 unspecified atom stereocenters. The molecular formula is C21H39IN4O2. The number of benzene rings is 1. The molecule has 1 aromatic carbocycles. The number of hydrogen-bond acceptors (Lipinski definition) is 4. The van der Waals surface area contributed by atoms with Gasteiger partial charge in [0.25, 0.3) is 0 Å². The van der Waals surface area contributed by atoms with Crippen molar-refractivity contribution in [3.8, 4) is 5.75 Å². The maximum Gasteiger partial charge on any atom is 0.191 e. The topological polar surface area (TPSA) is 58.1 Å². The maximum atomic E-state index is 5.86. The fraction of sp³-hybridized carbons (Fsp3) is 0.667. The first-order valence-electron chi connectivity index (χ1n) is 10.1. The zero-order valence-corrected chi connectivity index (χ0v) is 20.5. The van der Waals surface area contributed by atoms with Gasteiger partial charge in [-0.25, -0.2) is 4.99 Å². The summed E-state index contributed by atoms with van der Waals surface area (Å²) in [4.78, 5) is 7.18. The average molecular weight is 506 g/mol. The monoisotopic (exact) mass is 506 g/mol. The molecule has 0 aliphatic heterocycles. The number of rotatable bonds is 13. The summed E-state index contributed by atoms with van der Waals surface area (Å²) in [6.07, 6.45) is 1.18. The molecule has 0 saturated carbocycles. The minimum atomic E-state index is 0. The van der Waals surface area contributed by atoms with Gasteiger partial charge in [0.15, 0.2) is 5.96 Å². The lowest BCUT2D eigenvalue weighted by molar-refractivity contribution is 0.145. The van der Waals surface area contributed by atoms with Crippen LogP contribution in [0.4, 0.5) is 0 Å². The number of aliphatic imine (C=N–C) groups is 1. The Bertz CT molecular complexity index is 555. The molecule has 0 heterocycles. The van der Waals surface area contributed by atoms with E-state index < -0.39 is 0 Å². The second-order valence-electron chi connectivity index (χ2n) is 6.51. The number of halogens is 1. The second kappa shape index (κ2) is 16.9. The second-order valence-corrected chi connectivity index (χ2v) is 6.51. The Morgan fingerprint density at radius 2 is 1.89 bits per heavy atom. The van der Waals surface area contributed by atoms with Gasteiger partial charge in [-0.2, -0.15) is 0 Å². The van der Waals surface area contributed by atoms with E-state index in [1.165, 1.54) is 12.0 Å². The molecule has 0 atom stereocenters. The lowest BCUT2D eigenvalue weighted by Crippen LogP contribution is -2.41. The molecule has 0 aromatic heterocycles. The van der Waals surface area contributed by atoms with Crippen molar-refractivity contribution in [1.29, 1.82) is 0 Å². The van der Waals surface area contributed by atoms with Crippen molar-refractivity contribution in [2.24, 2.45) is 4.99 Å². The van der Waals surface area contributed by atoms with Crippen molar-refractivity contribution in [2.45, 2.75) is 40.7 Å². The van der Waals surface area contributed by atoms with Crippen molar-refractivity contribution in [2.75, 3.05) is 53.0 Å². The molecule has 0 aliphatic rings. The Kier molecular flexibility index (Phi) is 16.2. The molecular weight excluding hydrogens is 467 g/mol. The number of hydrogen-bond donors (Lipinski definition) is 2. The highest BCUT2D eigenvalue weighted by molar-refractivity contribution is 14.0. The third kappa shape index (κ3) is 11.1. The summed E-state index contributed by atoms with van der Waals surface area (Å²) >= 11 is 0. The number of ether oxygens (including phenoxy) is 2. The standard InChI is InChI=1S/C21H38N4O2.HI/c1-6-12-25(8-3)13-11-23-21(22-7-2)24-17-19-10-9-18(4)16-20(19)27-15-14-26-5;/h9-10,16H,6-8,11-15,17H2,1-5H3,(H2,22,23,24);1H. The van der Waals surface area contributed by atoms with Crippen LogP contribution in [0.5, 0.6) is 5.75 Å². The normalized spacial score (nSPS) is 11.3. The highest BCUT2D eigenvalue weighted by Crippen LogP contribution is 2.21. The molecule has 162 valence electrons. The molecule has 0 radical (unpaired) electrons. The first-order chi connectivity index (χ1) is 13.1. The minimum absolute atomic E-state index is 0. The SMILES string of the molecule is CCCN(CC)CCNC(=NCc1ccc(C)cc1OCCOC)NCC.I. The summed E-state index contributed by atoms with van der Waals surface area (Å²) in [7, 11) is 1.68. The third-order valence-corrected chi connectivity index (χ3v) is 4.23. The number of nitrogens with zero attached hydrogens (tertiary/aromatic N) is 2. The molecule has 1 rings (SSSR count). The molecule has 2 N–H and O–H groups in total. The van der Waals surface area contributed by atoms with Crippen LogP contribution in [0.1, 0.15) is 38.3 Å². The van der Waals surface area contributed by atoms with E-state index in [4.69, 9.17) is 14.5 Å². The molecule has 0 amide bonds. The van der Waals surface area contributed by atoms with E-state index in [2.05, 4.69) is 61.4 Å². The van der Waals surface area contributed by atoms with E-state index in [1.807, 2.05) is 0 Å². The largest absolute Gasteiger partial charge is 0.491 e. The van der Waals surface area contributed by atoms with Crippen LogP contribution in [0, 0.1) is 6.92 Å². The zero-order chi connectivity index (χ0) is 19.9. The molecule has 0 bridgehead atoms. The van der Waals surface area contributed by atoms with Crippen molar-refractivity contribution >= 4 is 29.9 Å². The lowest BCUT2D eigenvalue weighted by Gasteiger charge is -2.20. The van der Waals surface area contributed by atoms with Crippen molar-refractivity contribution in [1.82, 2.24) is 15.5 Å².